The molecule has 0 aliphatic heterocycles. The van der Waals surface area contributed by atoms with Crippen molar-refractivity contribution in [2.24, 2.45) is 0 Å². The summed E-state index contributed by atoms with van der Waals surface area (Å²) in [5, 5.41) is 2.77. The lowest BCUT2D eigenvalue weighted by atomic mass is 10.3. The second-order valence-electron chi connectivity index (χ2n) is 4.27. The molecule has 0 aromatic carbocycles. The summed E-state index contributed by atoms with van der Waals surface area (Å²) in [5.41, 5.74) is 1.21. The van der Waals surface area contributed by atoms with E-state index in [9.17, 15) is 4.79 Å². The van der Waals surface area contributed by atoms with Gasteiger partial charge in [-0.05, 0) is 40.5 Å². The van der Waals surface area contributed by atoms with E-state index in [2.05, 4.69) is 26.2 Å². The van der Waals surface area contributed by atoms with Gasteiger partial charge in [0.15, 0.2) is 18.9 Å². The Morgan fingerprint density at radius 1 is 1.30 bits per heavy atom. The molecular formula is C14H15Br2N3O. The lowest BCUT2D eigenvalue weighted by Gasteiger charge is -2.03. The van der Waals surface area contributed by atoms with Crippen molar-refractivity contribution in [3.63, 3.8) is 0 Å². The van der Waals surface area contributed by atoms with Crippen molar-refractivity contribution in [1.29, 1.82) is 0 Å². The highest BCUT2D eigenvalue weighted by molar-refractivity contribution is 9.10. The highest BCUT2D eigenvalue weighted by Gasteiger charge is 2.07. The van der Waals surface area contributed by atoms with Gasteiger partial charge in [0.05, 0.1) is 6.42 Å². The molecule has 0 atom stereocenters. The van der Waals surface area contributed by atoms with Gasteiger partial charge in [-0.15, -0.1) is 0 Å². The van der Waals surface area contributed by atoms with E-state index in [4.69, 9.17) is 0 Å². The number of hydrogen-bond donors (Lipinski definition) is 1. The molecule has 0 aliphatic carbocycles. The Morgan fingerprint density at radius 2 is 2.00 bits per heavy atom. The Balaban J connectivity index is 0.00000200. The summed E-state index contributed by atoms with van der Waals surface area (Å²) < 4.78 is 2.88. The largest absolute Gasteiger partial charge is 1.00 e. The number of nitrogens with one attached hydrogen (secondary N) is 1. The molecule has 6 heteroatoms. The van der Waals surface area contributed by atoms with E-state index in [-0.39, 0.29) is 22.9 Å². The van der Waals surface area contributed by atoms with Crippen LogP contribution in [0.2, 0.25) is 0 Å². The maximum atomic E-state index is 11.8. The van der Waals surface area contributed by atoms with E-state index in [0.29, 0.717) is 18.8 Å². The average Bonchev–Trinajstić information content (AvgIpc) is 2.41. The molecule has 1 N–H and O–H groups in total. The zero-order chi connectivity index (χ0) is 13.7. The van der Waals surface area contributed by atoms with Gasteiger partial charge in [-0.25, -0.2) is 9.55 Å². The molecule has 2 heterocycles. The minimum atomic E-state index is -0.0390. The zero-order valence-corrected chi connectivity index (χ0v) is 14.2. The first-order valence-corrected chi connectivity index (χ1v) is 6.80. The molecule has 0 saturated heterocycles. The molecule has 0 radical (unpaired) electrons. The first-order valence-electron chi connectivity index (χ1n) is 6.00. The quantitative estimate of drug-likeness (QED) is 0.701. The van der Waals surface area contributed by atoms with Crippen molar-refractivity contribution in [1.82, 2.24) is 4.98 Å². The van der Waals surface area contributed by atoms with Gasteiger partial charge in [-0.2, -0.15) is 0 Å². The fourth-order valence-corrected chi connectivity index (χ4v) is 1.80. The Bertz CT molecular complexity index is 556. The van der Waals surface area contributed by atoms with Crippen molar-refractivity contribution in [2.75, 3.05) is 5.32 Å². The summed E-state index contributed by atoms with van der Waals surface area (Å²) in [6, 6.07) is 7.65. The third-order valence-corrected chi connectivity index (χ3v) is 3.12. The topological polar surface area (TPSA) is 45.9 Å². The molecule has 2 aromatic heterocycles. The van der Waals surface area contributed by atoms with Crippen LogP contribution in [0.25, 0.3) is 0 Å². The molecule has 0 saturated carbocycles. The van der Waals surface area contributed by atoms with Crippen LogP contribution in [-0.4, -0.2) is 10.9 Å². The first-order chi connectivity index (χ1) is 9.13. The predicted octanol–water partition coefficient (Wildman–Crippen LogP) is -0.527. The van der Waals surface area contributed by atoms with Gasteiger partial charge in [-0.1, -0.05) is 0 Å². The standard InChI is InChI=1S/C14H14BrN3O.BrH/c1-11-4-7-18(8-5-11)9-6-14(19)17-13-3-2-12(15)10-16-13;/h2-5,7-8,10H,6,9H2,1H3;1H. The van der Waals surface area contributed by atoms with Gasteiger partial charge < -0.3 is 22.3 Å². The number of carbonyl (C=O) groups excluding carboxylic acids is 1. The third kappa shape index (κ3) is 5.38. The normalized spacial score (nSPS) is 9.70. The number of anilines is 1. The van der Waals surface area contributed by atoms with Crippen LogP contribution < -0.4 is 26.9 Å². The van der Waals surface area contributed by atoms with Crippen LogP contribution in [0.3, 0.4) is 0 Å². The smallest absolute Gasteiger partial charge is 0.231 e. The first kappa shape index (κ1) is 16.8. The SMILES string of the molecule is Cc1cc[n+](CCC(=O)Nc2ccc(Br)cn2)cc1.[Br-]. The summed E-state index contributed by atoms with van der Waals surface area (Å²) in [6.45, 7) is 2.69. The van der Waals surface area contributed by atoms with Crippen LogP contribution in [0.4, 0.5) is 5.82 Å². The second-order valence-corrected chi connectivity index (χ2v) is 5.19. The van der Waals surface area contributed by atoms with Crippen LogP contribution in [0.5, 0.6) is 0 Å². The minimum Gasteiger partial charge on any atom is -1.00 e. The Morgan fingerprint density at radius 3 is 2.60 bits per heavy atom. The number of hydrogen-bond acceptors (Lipinski definition) is 2. The van der Waals surface area contributed by atoms with Gasteiger partial charge in [0.2, 0.25) is 5.91 Å². The van der Waals surface area contributed by atoms with Crippen molar-refractivity contribution in [2.45, 2.75) is 19.9 Å². The Kier molecular flexibility index (Phi) is 6.81. The average molecular weight is 401 g/mol. The second kappa shape index (κ2) is 8.11. The number of nitrogens with zero attached hydrogens (tertiary/aromatic N) is 2. The lowest BCUT2D eigenvalue weighted by Crippen LogP contribution is -3.00. The molecular weight excluding hydrogens is 386 g/mol. The predicted molar refractivity (Wildman–Crippen MR) is 76.6 cm³/mol. The van der Waals surface area contributed by atoms with Gasteiger partial charge in [0, 0.05) is 22.8 Å². The Labute approximate surface area is 137 Å². The molecule has 4 nitrogen and oxygen atoms in total. The molecule has 2 aromatic rings. The van der Waals surface area contributed by atoms with E-state index in [0.717, 1.165) is 4.47 Å². The fraction of sp³-hybridized carbons (Fsp3) is 0.214. The number of amides is 1. The van der Waals surface area contributed by atoms with Crippen LogP contribution in [0, 0.1) is 6.92 Å². The molecule has 1 amide bonds. The van der Waals surface area contributed by atoms with E-state index in [1.165, 1.54) is 5.56 Å². The molecule has 0 fully saturated rings. The lowest BCUT2D eigenvalue weighted by molar-refractivity contribution is -0.695. The summed E-state index contributed by atoms with van der Waals surface area (Å²) in [4.78, 5) is 15.9. The van der Waals surface area contributed by atoms with Crippen molar-refractivity contribution < 1.29 is 26.3 Å². The van der Waals surface area contributed by atoms with E-state index >= 15 is 0 Å². The molecule has 2 rings (SSSR count). The number of aromatic nitrogens is 2. The molecule has 106 valence electrons. The van der Waals surface area contributed by atoms with Crippen molar-refractivity contribution in [3.05, 3.63) is 52.9 Å². The molecule has 0 unspecified atom stereocenters. The van der Waals surface area contributed by atoms with Gasteiger partial charge in [-0.3, -0.25) is 4.79 Å². The van der Waals surface area contributed by atoms with Gasteiger partial charge >= 0.3 is 0 Å². The summed E-state index contributed by atoms with van der Waals surface area (Å²) >= 11 is 3.30. The maximum absolute atomic E-state index is 11.8. The molecule has 0 bridgehead atoms. The number of halogens is 2. The monoisotopic (exact) mass is 399 g/mol. The summed E-state index contributed by atoms with van der Waals surface area (Å²) in [6.07, 6.45) is 6.02. The highest BCUT2D eigenvalue weighted by atomic mass is 79.9. The number of aryl methyl sites for hydroxylation is 2. The van der Waals surface area contributed by atoms with Crippen LogP contribution in [0.1, 0.15) is 12.0 Å². The molecule has 0 aliphatic rings. The Hall–Kier alpha value is -1.27. The minimum absolute atomic E-state index is 0. The summed E-state index contributed by atoms with van der Waals surface area (Å²) in [5.74, 6) is 0.532. The van der Waals surface area contributed by atoms with Crippen LogP contribution in [0.15, 0.2) is 47.3 Å². The van der Waals surface area contributed by atoms with Crippen molar-refractivity contribution in [3.8, 4) is 0 Å². The molecule has 20 heavy (non-hydrogen) atoms. The fourth-order valence-electron chi connectivity index (χ4n) is 1.57. The number of carbonyl (C=O) groups is 1. The van der Waals surface area contributed by atoms with Gasteiger partial charge in [0.1, 0.15) is 5.82 Å². The van der Waals surface area contributed by atoms with Crippen molar-refractivity contribution >= 4 is 27.7 Å². The van der Waals surface area contributed by atoms with E-state index in [1.807, 2.05) is 42.1 Å². The van der Waals surface area contributed by atoms with E-state index < -0.39 is 0 Å². The number of pyridine rings is 2. The van der Waals surface area contributed by atoms with Crippen LogP contribution >= 0.6 is 15.9 Å². The highest BCUT2D eigenvalue weighted by Crippen LogP contribution is 2.10. The van der Waals surface area contributed by atoms with Gasteiger partial charge in [0.25, 0.3) is 0 Å². The summed E-state index contributed by atoms with van der Waals surface area (Å²) in [7, 11) is 0. The zero-order valence-electron chi connectivity index (χ0n) is 11.0. The number of rotatable bonds is 4. The third-order valence-electron chi connectivity index (χ3n) is 2.65. The molecule has 0 spiro atoms. The van der Waals surface area contributed by atoms with Crippen LogP contribution in [-0.2, 0) is 11.3 Å². The maximum Gasteiger partial charge on any atom is 0.231 e. The van der Waals surface area contributed by atoms with E-state index in [1.54, 1.807) is 12.3 Å².